The number of aliphatic imine (C=N–C) groups is 1. The van der Waals surface area contributed by atoms with Crippen molar-refractivity contribution in [3.05, 3.63) is 144 Å². The maximum atomic E-state index is 14.0. The van der Waals surface area contributed by atoms with Gasteiger partial charge in [-0.1, -0.05) is 109 Å². The third-order valence-corrected chi connectivity index (χ3v) is 13.1. The second-order valence-electron chi connectivity index (χ2n) is 17.5. The van der Waals surface area contributed by atoms with E-state index in [9.17, 15) is 14.4 Å². The lowest BCUT2D eigenvalue weighted by Crippen LogP contribution is -2.46. The predicted molar refractivity (Wildman–Crippen MR) is 248 cm³/mol. The normalized spacial score (nSPS) is 20.4. The molecule has 12 heteroatoms. The third-order valence-electron chi connectivity index (χ3n) is 13.1. The van der Waals surface area contributed by atoms with Gasteiger partial charge < -0.3 is 24.3 Å². The number of nitrogens with zero attached hydrogens (tertiary/aromatic N) is 6. The van der Waals surface area contributed by atoms with E-state index in [4.69, 9.17) is 19.5 Å². The van der Waals surface area contributed by atoms with Crippen molar-refractivity contribution in [2.75, 3.05) is 40.3 Å². The largest absolute Gasteiger partial charge is 0.444 e. The van der Waals surface area contributed by atoms with Gasteiger partial charge in [-0.2, -0.15) is 0 Å². The highest BCUT2D eigenvalue weighted by atomic mass is 16.6. The number of aromatic amines is 1. The number of imidazole rings is 1. The van der Waals surface area contributed by atoms with E-state index in [1.807, 2.05) is 102 Å². The lowest BCUT2D eigenvalue weighted by atomic mass is 9.96. The van der Waals surface area contributed by atoms with Gasteiger partial charge in [-0.3, -0.25) is 24.4 Å². The number of carbonyl (C=O) groups is 3. The van der Waals surface area contributed by atoms with E-state index in [0.717, 1.165) is 101 Å². The molecule has 3 fully saturated rings. The molecule has 5 aromatic rings. The minimum atomic E-state index is -0.579. The van der Waals surface area contributed by atoms with Crippen LogP contribution < -0.4 is 0 Å². The minimum absolute atomic E-state index is 0.0953. The second kappa shape index (κ2) is 19.6. The molecule has 1 unspecified atom stereocenters. The molecule has 4 aliphatic heterocycles. The molecule has 330 valence electrons. The first-order valence-electron chi connectivity index (χ1n) is 22.7. The number of piperidine rings is 1. The van der Waals surface area contributed by atoms with E-state index in [1.165, 1.54) is 0 Å². The summed E-state index contributed by atoms with van der Waals surface area (Å²) in [6.07, 6.45) is 9.03. The zero-order valence-corrected chi connectivity index (χ0v) is 36.8. The van der Waals surface area contributed by atoms with Crippen molar-refractivity contribution in [2.24, 2.45) is 4.99 Å². The van der Waals surface area contributed by atoms with E-state index in [2.05, 4.69) is 53.5 Å². The first kappa shape index (κ1) is 42.9. The number of carbonyl (C=O) groups excluding carboxylic acids is 3. The van der Waals surface area contributed by atoms with Gasteiger partial charge in [0.05, 0.1) is 30.6 Å². The smallest absolute Gasteiger partial charge is 0.412 e. The molecular weight excluding hydrogens is 803 g/mol. The van der Waals surface area contributed by atoms with Gasteiger partial charge >= 0.3 is 6.09 Å². The van der Waals surface area contributed by atoms with Gasteiger partial charge in [0.25, 0.3) is 0 Å². The van der Waals surface area contributed by atoms with Gasteiger partial charge in [0.2, 0.25) is 11.8 Å². The summed E-state index contributed by atoms with van der Waals surface area (Å²) in [4.78, 5) is 61.6. The van der Waals surface area contributed by atoms with Crippen LogP contribution in [0, 0.1) is 0 Å². The fourth-order valence-corrected chi connectivity index (χ4v) is 9.60. The third kappa shape index (κ3) is 9.44. The summed E-state index contributed by atoms with van der Waals surface area (Å²) in [5, 5.41) is 0. The molecule has 64 heavy (non-hydrogen) atoms. The second-order valence-corrected chi connectivity index (χ2v) is 17.5. The van der Waals surface area contributed by atoms with Gasteiger partial charge in [0.15, 0.2) is 0 Å². The van der Waals surface area contributed by atoms with E-state index < -0.39 is 18.4 Å². The summed E-state index contributed by atoms with van der Waals surface area (Å²) in [7, 11) is 3.91. The zero-order valence-electron chi connectivity index (χ0n) is 36.8. The Bertz CT molecular complexity index is 2460. The summed E-state index contributed by atoms with van der Waals surface area (Å²) in [5.41, 5.74) is 8.98. The Labute approximate surface area is 375 Å². The molecule has 4 aliphatic rings. The number of amides is 3. The molecule has 5 heterocycles. The summed E-state index contributed by atoms with van der Waals surface area (Å²) in [6, 6.07) is 35.7. The Balaban J connectivity index is 0.826. The number of ether oxygens (including phenoxy) is 2. The molecule has 9 rings (SSSR count). The van der Waals surface area contributed by atoms with E-state index in [-0.39, 0.29) is 30.5 Å². The van der Waals surface area contributed by atoms with Crippen LogP contribution in [0.15, 0.2) is 127 Å². The van der Waals surface area contributed by atoms with Crippen molar-refractivity contribution < 1.29 is 23.9 Å². The van der Waals surface area contributed by atoms with Crippen molar-refractivity contribution in [1.29, 1.82) is 0 Å². The van der Waals surface area contributed by atoms with Gasteiger partial charge in [-0.15, -0.1) is 0 Å². The maximum absolute atomic E-state index is 14.0. The van der Waals surface area contributed by atoms with Crippen LogP contribution in [0.4, 0.5) is 4.79 Å². The van der Waals surface area contributed by atoms with Crippen LogP contribution in [-0.2, 0) is 25.7 Å². The number of rotatable bonds is 13. The quantitative estimate of drug-likeness (QED) is 0.125. The highest BCUT2D eigenvalue weighted by Gasteiger charge is 2.43. The van der Waals surface area contributed by atoms with E-state index >= 15 is 0 Å². The number of H-pyrrole nitrogens is 1. The van der Waals surface area contributed by atoms with Crippen molar-refractivity contribution in [3.63, 3.8) is 0 Å². The zero-order chi connectivity index (χ0) is 44.0. The van der Waals surface area contributed by atoms with Crippen LogP contribution >= 0.6 is 0 Å². The van der Waals surface area contributed by atoms with Crippen molar-refractivity contribution >= 4 is 29.2 Å². The SMILES string of the molecule is CN(C)[C@@H](C(=O)N1CCC[C@H]1c1ncc(-c2ccc(-c3ccc(C4=CN=C([C@@H]5COC(CCC(=O)N6CCCCC6)N5C(=O)OCc5ccccc5)C4)cc3)cc2)[nH]1)c1ccccc1. The fourth-order valence-electron chi connectivity index (χ4n) is 9.60. The standard InChI is InChI=1S/C52H57N7O5/c1-56(2)49(41-15-8-4-9-16-41)51(61)58-30-12-17-45(58)50-54-33-44(55-50)40-24-22-38(23-25-40)37-18-20-39(21-19-37)42-31-43(53-32-42)46-35-63-48(27-26-47(60)57-28-10-5-11-29-57)59(46)52(62)64-34-36-13-6-3-7-14-36/h3-4,6-9,13-16,18-25,32-33,45-46,48-49H,5,10-12,17,26-31,34-35H2,1-2H3,(H,54,55)/t45-,46-,48?,49+/m0/s1. The Morgan fingerprint density at radius 3 is 2.17 bits per heavy atom. The van der Waals surface area contributed by atoms with Crippen LogP contribution in [0.25, 0.3) is 28.0 Å². The maximum Gasteiger partial charge on any atom is 0.412 e. The average molecular weight is 860 g/mol. The summed E-state index contributed by atoms with van der Waals surface area (Å²) >= 11 is 0. The summed E-state index contributed by atoms with van der Waals surface area (Å²) < 4.78 is 12.1. The molecule has 4 aromatic carbocycles. The van der Waals surface area contributed by atoms with E-state index in [0.29, 0.717) is 32.4 Å². The molecule has 12 nitrogen and oxygen atoms in total. The van der Waals surface area contributed by atoms with Crippen LogP contribution in [-0.4, -0.2) is 106 Å². The number of hydrogen-bond donors (Lipinski definition) is 1. The van der Waals surface area contributed by atoms with Crippen molar-refractivity contribution in [1.82, 2.24) is 29.6 Å². The van der Waals surface area contributed by atoms with Crippen LogP contribution in [0.2, 0.25) is 0 Å². The van der Waals surface area contributed by atoms with Crippen molar-refractivity contribution in [2.45, 2.75) is 82.3 Å². The van der Waals surface area contributed by atoms with Crippen LogP contribution in [0.1, 0.15) is 86.0 Å². The number of likely N-dealkylation sites (tertiary alicyclic amines) is 2. The predicted octanol–water partition coefficient (Wildman–Crippen LogP) is 9.05. The molecule has 3 saturated heterocycles. The van der Waals surface area contributed by atoms with Crippen LogP contribution in [0.5, 0.6) is 0 Å². The monoisotopic (exact) mass is 859 g/mol. The number of benzene rings is 4. The molecular formula is C52H57N7O5. The topological polar surface area (TPSA) is 124 Å². The highest BCUT2D eigenvalue weighted by Crippen LogP contribution is 2.36. The molecule has 1 N–H and O–H groups in total. The van der Waals surface area contributed by atoms with Gasteiger partial charge in [-0.25, -0.2) is 9.78 Å². The Morgan fingerprint density at radius 2 is 1.47 bits per heavy atom. The number of allylic oxidation sites excluding steroid dienone is 1. The molecule has 0 aliphatic carbocycles. The molecule has 3 amide bonds. The summed E-state index contributed by atoms with van der Waals surface area (Å²) in [5.74, 6) is 1.02. The molecule has 4 atom stereocenters. The molecule has 0 radical (unpaired) electrons. The number of hydrogen-bond acceptors (Lipinski definition) is 8. The molecule has 0 spiro atoms. The lowest BCUT2D eigenvalue weighted by molar-refractivity contribution is -0.137. The highest BCUT2D eigenvalue weighted by molar-refractivity contribution is 6.03. The molecule has 0 bridgehead atoms. The minimum Gasteiger partial charge on any atom is -0.444 e. The first-order chi connectivity index (χ1) is 31.3. The molecule has 0 saturated carbocycles. The van der Waals surface area contributed by atoms with Gasteiger partial charge in [-0.05, 0) is 85.2 Å². The lowest BCUT2D eigenvalue weighted by Gasteiger charge is -2.31. The van der Waals surface area contributed by atoms with Crippen molar-refractivity contribution in [3.8, 4) is 22.4 Å². The van der Waals surface area contributed by atoms with Gasteiger partial charge in [0.1, 0.15) is 24.7 Å². The first-order valence-corrected chi connectivity index (χ1v) is 22.7. The fraction of sp³-hybridized carbons (Fsp3) is 0.365. The Morgan fingerprint density at radius 1 is 0.797 bits per heavy atom. The summed E-state index contributed by atoms with van der Waals surface area (Å²) in [6.45, 7) is 2.73. The average Bonchev–Trinajstić information content (AvgIpc) is 4.19. The Hall–Kier alpha value is -6.37. The molecule has 1 aromatic heterocycles. The Kier molecular flexibility index (Phi) is 13.1. The van der Waals surface area contributed by atoms with Crippen LogP contribution in [0.3, 0.4) is 0 Å². The van der Waals surface area contributed by atoms with E-state index in [1.54, 1.807) is 4.90 Å². The number of aromatic nitrogens is 2. The number of nitrogens with one attached hydrogen (secondary N) is 1. The number of likely N-dealkylation sites (N-methyl/N-ethyl adjacent to an activating group) is 1. The van der Waals surface area contributed by atoms with Gasteiger partial charge in [0, 0.05) is 50.8 Å².